The molecule has 2 N–H and O–H groups in total. The van der Waals surface area contributed by atoms with Crippen LogP contribution < -0.4 is 5.73 Å². The Balaban J connectivity index is 2.50. The van der Waals surface area contributed by atoms with Crippen molar-refractivity contribution in [3.8, 4) is 0 Å². The molecule has 0 spiro atoms. The number of carbonyl (C=O) groups excluding carboxylic acids is 1. The fourth-order valence-electron chi connectivity index (χ4n) is 3.01. The Bertz CT molecular complexity index is 235. The van der Waals surface area contributed by atoms with Crippen LogP contribution in [-0.2, 0) is 4.79 Å². The van der Waals surface area contributed by atoms with Gasteiger partial charge in [-0.1, -0.05) is 45.4 Å². The molecule has 0 aliphatic heterocycles. The Hall–Kier alpha value is -0.570. The average Bonchev–Trinajstić information content (AvgIpc) is 2.69. The summed E-state index contributed by atoms with van der Waals surface area (Å²) >= 11 is 0. The molecule has 0 heterocycles. The predicted octanol–water partition coefficient (Wildman–Crippen LogP) is 3.47. The molecule has 3 nitrogen and oxygen atoms in total. The molecule has 0 aromatic rings. The second kappa shape index (κ2) is 10.2. The molecule has 1 aliphatic carbocycles. The van der Waals surface area contributed by atoms with E-state index in [1.807, 2.05) is 0 Å². The predicted molar refractivity (Wildman–Crippen MR) is 81.0 cm³/mol. The van der Waals surface area contributed by atoms with Crippen LogP contribution in [0.25, 0.3) is 0 Å². The van der Waals surface area contributed by atoms with Crippen LogP contribution in [0.15, 0.2) is 0 Å². The smallest absolute Gasteiger partial charge is 0.222 e. The number of hydrogen-bond donors (Lipinski definition) is 1. The van der Waals surface area contributed by atoms with Gasteiger partial charge in [0.25, 0.3) is 0 Å². The summed E-state index contributed by atoms with van der Waals surface area (Å²) in [7, 11) is 0. The third-order valence-electron chi connectivity index (χ3n) is 4.18. The maximum atomic E-state index is 12.4. The lowest BCUT2D eigenvalue weighted by atomic mass is 10.1. The van der Waals surface area contributed by atoms with E-state index in [1.54, 1.807) is 0 Å². The van der Waals surface area contributed by atoms with Crippen molar-refractivity contribution < 1.29 is 4.79 Å². The van der Waals surface area contributed by atoms with Crippen molar-refractivity contribution in [1.82, 2.24) is 4.90 Å². The number of unbranched alkanes of at least 4 members (excludes halogenated alkanes) is 2. The van der Waals surface area contributed by atoms with Gasteiger partial charge in [0.1, 0.15) is 0 Å². The molecule has 0 bridgehead atoms. The lowest BCUT2D eigenvalue weighted by Gasteiger charge is -2.31. The maximum absolute atomic E-state index is 12.4. The van der Waals surface area contributed by atoms with Gasteiger partial charge in [-0.05, 0) is 32.2 Å². The largest absolute Gasteiger partial charge is 0.340 e. The zero-order chi connectivity index (χ0) is 13.9. The van der Waals surface area contributed by atoms with Gasteiger partial charge in [0.05, 0.1) is 0 Å². The van der Waals surface area contributed by atoms with Gasteiger partial charge in [-0.2, -0.15) is 0 Å². The Morgan fingerprint density at radius 1 is 1.11 bits per heavy atom. The summed E-state index contributed by atoms with van der Waals surface area (Å²) in [4.78, 5) is 14.6. The van der Waals surface area contributed by atoms with Gasteiger partial charge in [-0.15, -0.1) is 0 Å². The summed E-state index contributed by atoms with van der Waals surface area (Å²) in [5.74, 6) is 0.369. The van der Waals surface area contributed by atoms with E-state index in [1.165, 1.54) is 51.4 Å². The lowest BCUT2D eigenvalue weighted by molar-refractivity contribution is -0.134. The third kappa shape index (κ3) is 6.42. The molecule has 0 saturated heterocycles. The third-order valence-corrected chi connectivity index (χ3v) is 4.18. The summed E-state index contributed by atoms with van der Waals surface area (Å²) in [6, 6.07) is 0.489. The van der Waals surface area contributed by atoms with Crippen LogP contribution >= 0.6 is 0 Å². The molecule has 1 rings (SSSR count). The minimum atomic E-state index is 0.369. The quantitative estimate of drug-likeness (QED) is 0.541. The van der Waals surface area contributed by atoms with Gasteiger partial charge in [0.2, 0.25) is 5.91 Å². The Labute approximate surface area is 118 Å². The first-order valence-corrected chi connectivity index (χ1v) is 8.29. The SMILES string of the molecule is CCCCCC(=O)N(CCCN)C1CCCCCC1. The number of rotatable bonds is 8. The minimum absolute atomic E-state index is 0.369. The summed E-state index contributed by atoms with van der Waals surface area (Å²) in [6.07, 6.45) is 12.7. The van der Waals surface area contributed by atoms with Crippen molar-refractivity contribution in [2.24, 2.45) is 5.73 Å². The second-order valence-electron chi connectivity index (χ2n) is 5.83. The Morgan fingerprint density at radius 3 is 2.37 bits per heavy atom. The van der Waals surface area contributed by atoms with Gasteiger partial charge in [-0.3, -0.25) is 4.79 Å². The van der Waals surface area contributed by atoms with Crippen LogP contribution in [0.1, 0.15) is 77.6 Å². The zero-order valence-corrected chi connectivity index (χ0v) is 12.7. The first-order valence-electron chi connectivity index (χ1n) is 8.29. The standard InChI is InChI=1S/C16H32N2O/c1-2-3-6-12-16(19)18(14-9-13-17)15-10-7-4-5-8-11-15/h15H,2-14,17H2,1H3. The number of nitrogens with two attached hydrogens (primary N) is 1. The molecule has 3 heteroatoms. The van der Waals surface area contributed by atoms with Crippen LogP contribution in [0.2, 0.25) is 0 Å². The minimum Gasteiger partial charge on any atom is -0.340 e. The molecule has 1 fully saturated rings. The summed E-state index contributed by atoms with van der Waals surface area (Å²) < 4.78 is 0. The molecule has 0 atom stereocenters. The fraction of sp³-hybridized carbons (Fsp3) is 0.938. The van der Waals surface area contributed by atoms with E-state index in [0.29, 0.717) is 18.5 Å². The molecule has 0 radical (unpaired) electrons. The van der Waals surface area contributed by atoms with Crippen molar-refractivity contribution in [2.45, 2.75) is 83.6 Å². The monoisotopic (exact) mass is 268 g/mol. The normalized spacial score (nSPS) is 17.2. The Morgan fingerprint density at radius 2 is 1.79 bits per heavy atom. The first-order chi connectivity index (χ1) is 9.29. The van der Waals surface area contributed by atoms with E-state index in [4.69, 9.17) is 5.73 Å². The van der Waals surface area contributed by atoms with Crippen LogP contribution in [0, 0.1) is 0 Å². The second-order valence-corrected chi connectivity index (χ2v) is 5.83. The molecule has 112 valence electrons. The topological polar surface area (TPSA) is 46.3 Å². The highest BCUT2D eigenvalue weighted by atomic mass is 16.2. The molecule has 0 unspecified atom stereocenters. The highest BCUT2D eigenvalue weighted by molar-refractivity contribution is 5.76. The van der Waals surface area contributed by atoms with Crippen LogP contribution in [0.5, 0.6) is 0 Å². The highest BCUT2D eigenvalue weighted by Crippen LogP contribution is 2.23. The van der Waals surface area contributed by atoms with Crippen molar-refractivity contribution in [3.63, 3.8) is 0 Å². The van der Waals surface area contributed by atoms with E-state index >= 15 is 0 Å². The molecule has 1 saturated carbocycles. The van der Waals surface area contributed by atoms with Crippen molar-refractivity contribution in [1.29, 1.82) is 0 Å². The summed E-state index contributed by atoms with van der Waals surface area (Å²) in [6.45, 7) is 3.74. The Kier molecular flexibility index (Phi) is 8.89. The van der Waals surface area contributed by atoms with E-state index < -0.39 is 0 Å². The van der Waals surface area contributed by atoms with E-state index in [0.717, 1.165) is 25.8 Å². The molecule has 19 heavy (non-hydrogen) atoms. The van der Waals surface area contributed by atoms with E-state index in [2.05, 4.69) is 11.8 Å². The molecule has 0 aromatic heterocycles. The number of carbonyl (C=O) groups is 1. The summed E-state index contributed by atoms with van der Waals surface area (Å²) in [5.41, 5.74) is 5.62. The maximum Gasteiger partial charge on any atom is 0.222 e. The molecule has 1 amide bonds. The number of hydrogen-bond acceptors (Lipinski definition) is 2. The average molecular weight is 268 g/mol. The lowest BCUT2D eigenvalue weighted by Crippen LogP contribution is -2.41. The van der Waals surface area contributed by atoms with Gasteiger partial charge >= 0.3 is 0 Å². The summed E-state index contributed by atoms with van der Waals surface area (Å²) in [5, 5.41) is 0. The highest BCUT2D eigenvalue weighted by Gasteiger charge is 2.23. The first kappa shape index (κ1) is 16.5. The molecular weight excluding hydrogens is 236 g/mol. The van der Waals surface area contributed by atoms with E-state index in [-0.39, 0.29) is 0 Å². The van der Waals surface area contributed by atoms with Crippen LogP contribution in [0.3, 0.4) is 0 Å². The van der Waals surface area contributed by atoms with E-state index in [9.17, 15) is 4.79 Å². The van der Waals surface area contributed by atoms with Crippen LogP contribution in [0.4, 0.5) is 0 Å². The zero-order valence-electron chi connectivity index (χ0n) is 12.7. The van der Waals surface area contributed by atoms with Gasteiger partial charge < -0.3 is 10.6 Å². The van der Waals surface area contributed by atoms with Crippen molar-refractivity contribution in [3.05, 3.63) is 0 Å². The molecular formula is C16H32N2O. The number of amides is 1. The van der Waals surface area contributed by atoms with Crippen molar-refractivity contribution >= 4 is 5.91 Å². The van der Waals surface area contributed by atoms with Gasteiger partial charge in [0, 0.05) is 19.0 Å². The van der Waals surface area contributed by atoms with Crippen molar-refractivity contribution in [2.75, 3.05) is 13.1 Å². The van der Waals surface area contributed by atoms with Crippen LogP contribution in [-0.4, -0.2) is 29.9 Å². The van der Waals surface area contributed by atoms with Gasteiger partial charge in [-0.25, -0.2) is 0 Å². The molecule has 1 aliphatic rings. The number of nitrogens with zero attached hydrogens (tertiary/aromatic N) is 1. The fourth-order valence-corrected chi connectivity index (χ4v) is 3.01. The molecule has 0 aromatic carbocycles. The van der Waals surface area contributed by atoms with Gasteiger partial charge in [0.15, 0.2) is 0 Å².